The molecule has 0 bridgehead atoms. The third-order valence-electron chi connectivity index (χ3n) is 6.40. The van der Waals surface area contributed by atoms with Gasteiger partial charge < -0.3 is 9.30 Å². The zero-order valence-electron chi connectivity index (χ0n) is 18.1. The number of carbonyl (C=O) groups excluding carboxylic acids is 4. The molecular weight excluding hydrogens is 415 g/mol. The number of fused-ring (bicyclic) bond motifs is 1. The van der Waals surface area contributed by atoms with Gasteiger partial charge >= 0.3 is 5.97 Å². The van der Waals surface area contributed by atoms with E-state index in [0.29, 0.717) is 29.8 Å². The third kappa shape index (κ3) is 3.97. The van der Waals surface area contributed by atoms with E-state index in [9.17, 15) is 23.6 Å². The highest BCUT2D eigenvalue weighted by Gasteiger charge is 2.48. The Hall–Kier alpha value is -3.29. The number of benzene rings is 1. The Balaban J connectivity index is 1.39. The largest absolute Gasteiger partial charge is 0.456 e. The summed E-state index contributed by atoms with van der Waals surface area (Å²) >= 11 is 0. The molecule has 2 atom stereocenters. The molecule has 2 fully saturated rings. The molecule has 2 aromatic rings. The molecule has 1 saturated heterocycles. The molecule has 8 heteroatoms. The van der Waals surface area contributed by atoms with Crippen molar-refractivity contribution in [3.05, 3.63) is 53.1 Å². The maximum Gasteiger partial charge on any atom is 0.326 e. The summed E-state index contributed by atoms with van der Waals surface area (Å²) in [6, 6.07) is 7.60. The van der Waals surface area contributed by atoms with Crippen molar-refractivity contribution in [3.63, 3.8) is 0 Å². The third-order valence-corrected chi connectivity index (χ3v) is 6.40. The van der Waals surface area contributed by atoms with Crippen LogP contribution in [0.3, 0.4) is 0 Å². The number of nitrogens with zero attached hydrogens (tertiary/aromatic N) is 2. The highest BCUT2D eigenvalue weighted by Crippen LogP contribution is 2.37. The van der Waals surface area contributed by atoms with Crippen LogP contribution in [-0.4, -0.2) is 46.2 Å². The van der Waals surface area contributed by atoms with Gasteiger partial charge in [0.1, 0.15) is 12.4 Å². The van der Waals surface area contributed by atoms with E-state index in [0.717, 1.165) is 23.4 Å². The summed E-state index contributed by atoms with van der Waals surface area (Å²) in [5, 5.41) is 0. The van der Waals surface area contributed by atoms with Crippen molar-refractivity contribution in [2.75, 3.05) is 13.2 Å². The average Bonchev–Trinajstić information content (AvgIpc) is 3.21. The van der Waals surface area contributed by atoms with Crippen LogP contribution in [0.1, 0.15) is 47.4 Å². The summed E-state index contributed by atoms with van der Waals surface area (Å²) in [4.78, 5) is 50.9. The Morgan fingerprint density at radius 1 is 1.03 bits per heavy atom. The van der Waals surface area contributed by atoms with Gasteiger partial charge in [-0.2, -0.15) is 0 Å². The molecule has 7 nitrogen and oxygen atoms in total. The zero-order valence-corrected chi connectivity index (χ0v) is 18.1. The molecule has 0 N–H and O–H groups in total. The van der Waals surface area contributed by atoms with Gasteiger partial charge in [-0.25, -0.2) is 4.39 Å². The number of hydrogen-bond donors (Lipinski definition) is 0. The van der Waals surface area contributed by atoms with Crippen LogP contribution in [0.5, 0.6) is 0 Å². The smallest absolute Gasteiger partial charge is 0.326 e. The number of amides is 2. The maximum absolute atomic E-state index is 13.2. The number of rotatable bonds is 6. The van der Waals surface area contributed by atoms with Gasteiger partial charge in [0.15, 0.2) is 6.61 Å². The van der Waals surface area contributed by atoms with Crippen molar-refractivity contribution in [3.8, 4) is 5.69 Å². The first kappa shape index (κ1) is 21.9. The summed E-state index contributed by atoms with van der Waals surface area (Å²) in [7, 11) is 0. The molecule has 2 unspecified atom stereocenters. The first-order valence-electron chi connectivity index (χ1n) is 10.8. The number of carbonyl (C=O) groups is 4. The second-order valence-electron chi connectivity index (χ2n) is 8.44. The number of Topliss-reactive ketones (excluding diaryl/α,β-unsaturated/α-hetero) is 1. The topological polar surface area (TPSA) is 85.7 Å². The first-order valence-corrected chi connectivity index (χ1v) is 10.8. The van der Waals surface area contributed by atoms with Crippen LogP contribution in [0, 0.1) is 31.5 Å². The quantitative estimate of drug-likeness (QED) is 0.391. The molecule has 1 aromatic heterocycles. The molecule has 168 valence electrons. The van der Waals surface area contributed by atoms with Crippen molar-refractivity contribution < 1.29 is 28.3 Å². The van der Waals surface area contributed by atoms with Crippen molar-refractivity contribution in [2.24, 2.45) is 11.8 Å². The molecule has 4 rings (SSSR count). The van der Waals surface area contributed by atoms with Gasteiger partial charge in [0.25, 0.3) is 0 Å². The SMILES string of the molecule is Cc1cc(C(=O)COC(=O)CN2C(=O)C3CCCCC3C2=O)c(C)n1-c1ccc(F)cc1. The number of likely N-dealkylation sites (tertiary alicyclic amines) is 1. The van der Waals surface area contributed by atoms with Crippen molar-refractivity contribution >= 4 is 23.6 Å². The van der Waals surface area contributed by atoms with Crippen LogP contribution < -0.4 is 0 Å². The molecule has 1 aromatic carbocycles. The molecule has 0 spiro atoms. The number of hydrogen-bond acceptors (Lipinski definition) is 5. The van der Waals surface area contributed by atoms with E-state index < -0.39 is 24.9 Å². The molecule has 2 heterocycles. The molecule has 2 amide bonds. The van der Waals surface area contributed by atoms with Gasteiger partial charge in [-0.3, -0.25) is 24.1 Å². The molecule has 1 aliphatic heterocycles. The van der Waals surface area contributed by atoms with E-state index in [1.54, 1.807) is 25.1 Å². The number of ether oxygens (including phenoxy) is 1. The maximum atomic E-state index is 13.2. The van der Waals surface area contributed by atoms with Gasteiger partial charge in [0.2, 0.25) is 17.6 Å². The lowest BCUT2D eigenvalue weighted by Crippen LogP contribution is -2.37. The number of ketones is 1. The standard InChI is InChI=1S/C24H25FN2O5/c1-14-11-20(15(2)27(14)17-9-7-16(25)8-10-17)21(28)13-32-22(29)12-26-23(30)18-5-3-4-6-19(18)24(26)31/h7-11,18-19H,3-6,12-13H2,1-2H3. The van der Waals surface area contributed by atoms with Crippen LogP contribution in [-0.2, 0) is 19.1 Å². The molecule has 0 radical (unpaired) electrons. The Morgan fingerprint density at radius 2 is 1.62 bits per heavy atom. The second kappa shape index (κ2) is 8.68. The lowest BCUT2D eigenvalue weighted by molar-refractivity contribution is -0.152. The average molecular weight is 440 g/mol. The minimum absolute atomic E-state index is 0.314. The predicted molar refractivity (Wildman–Crippen MR) is 113 cm³/mol. The summed E-state index contributed by atoms with van der Waals surface area (Å²) in [5.74, 6) is -2.83. The van der Waals surface area contributed by atoms with E-state index in [1.807, 2.05) is 11.5 Å². The highest BCUT2D eigenvalue weighted by atomic mass is 19.1. The van der Waals surface area contributed by atoms with Gasteiger partial charge in [-0.1, -0.05) is 12.8 Å². The fraction of sp³-hybridized carbons (Fsp3) is 0.417. The zero-order chi connectivity index (χ0) is 23.0. The van der Waals surface area contributed by atoms with Gasteiger partial charge in [-0.15, -0.1) is 0 Å². The Kier molecular flexibility index (Phi) is 5.95. The van der Waals surface area contributed by atoms with E-state index in [-0.39, 0.29) is 29.5 Å². The molecule has 1 aliphatic carbocycles. The van der Waals surface area contributed by atoms with Crippen LogP contribution in [0.15, 0.2) is 30.3 Å². The number of imide groups is 1. The number of aryl methyl sites for hydroxylation is 1. The van der Waals surface area contributed by atoms with Gasteiger partial charge in [0, 0.05) is 22.6 Å². The summed E-state index contributed by atoms with van der Waals surface area (Å²) < 4.78 is 20.2. The van der Waals surface area contributed by atoms with E-state index in [2.05, 4.69) is 0 Å². The fourth-order valence-electron chi connectivity index (χ4n) is 4.82. The second-order valence-corrected chi connectivity index (χ2v) is 8.44. The normalized spacial score (nSPS) is 20.4. The van der Waals surface area contributed by atoms with Crippen LogP contribution in [0.25, 0.3) is 5.69 Å². The van der Waals surface area contributed by atoms with Crippen molar-refractivity contribution in [1.82, 2.24) is 9.47 Å². The number of aromatic nitrogens is 1. The van der Waals surface area contributed by atoms with Gasteiger partial charge in [-0.05, 0) is 57.0 Å². The van der Waals surface area contributed by atoms with E-state index >= 15 is 0 Å². The fourth-order valence-corrected chi connectivity index (χ4v) is 4.82. The molecule has 1 saturated carbocycles. The summed E-state index contributed by atoms with van der Waals surface area (Å²) in [6.07, 6.45) is 3.15. The van der Waals surface area contributed by atoms with Crippen molar-refractivity contribution in [2.45, 2.75) is 39.5 Å². The molecule has 32 heavy (non-hydrogen) atoms. The predicted octanol–water partition coefficient (Wildman–Crippen LogP) is 3.13. The minimum Gasteiger partial charge on any atom is -0.456 e. The highest BCUT2D eigenvalue weighted by molar-refractivity contribution is 6.07. The van der Waals surface area contributed by atoms with E-state index in [4.69, 9.17) is 4.74 Å². The van der Waals surface area contributed by atoms with Crippen LogP contribution in [0.4, 0.5) is 4.39 Å². The van der Waals surface area contributed by atoms with Gasteiger partial charge in [0.05, 0.1) is 11.8 Å². The molecule has 2 aliphatic rings. The van der Waals surface area contributed by atoms with Crippen molar-refractivity contribution in [1.29, 1.82) is 0 Å². The first-order chi connectivity index (χ1) is 15.3. The Morgan fingerprint density at radius 3 is 2.22 bits per heavy atom. The minimum atomic E-state index is -0.786. The van der Waals surface area contributed by atoms with E-state index in [1.165, 1.54) is 12.1 Å². The number of halogens is 1. The van der Waals surface area contributed by atoms with Crippen LogP contribution in [0.2, 0.25) is 0 Å². The van der Waals surface area contributed by atoms with Crippen LogP contribution >= 0.6 is 0 Å². The summed E-state index contributed by atoms with van der Waals surface area (Å²) in [5.41, 5.74) is 2.52. The Bertz CT molecular complexity index is 1060. The monoisotopic (exact) mass is 440 g/mol. The summed E-state index contributed by atoms with van der Waals surface area (Å²) in [6.45, 7) is 2.63. The lowest BCUT2D eigenvalue weighted by atomic mass is 9.81. The number of esters is 1. The Labute approximate surface area is 185 Å². The molecular formula is C24H25FN2O5. The lowest BCUT2D eigenvalue weighted by Gasteiger charge is -2.19.